The number of aryl methyl sites for hydroxylation is 1. The highest BCUT2D eigenvalue weighted by atomic mass is 35.5. The molecular formula is C18H24ClN3O3S. The van der Waals surface area contributed by atoms with Gasteiger partial charge in [-0.2, -0.15) is 0 Å². The number of halogens is 1. The van der Waals surface area contributed by atoms with Gasteiger partial charge in [0.1, 0.15) is 0 Å². The van der Waals surface area contributed by atoms with Crippen LogP contribution in [0.4, 0.5) is 0 Å². The molecule has 26 heavy (non-hydrogen) atoms. The average Bonchev–Trinajstić information content (AvgIpc) is 3.04. The van der Waals surface area contributed by atoms with Crippen molar-refractivity contribution in [1.29, 1.82) is 0 Å². The van der Waals surface area contributed by atoms with Crippen LogP contribution in [0.3, 0.4) is 0 Å². The van der Waals surface area contributed by atoms with Crippen LogP contribution in [0.5, 0.6) is 0 Å². The Kier molecular flexibility index (Phi) is 6.37. The lowest BCUT2D eigenvalue weighted by Crippen LogP contribution is -2.44. The molecule has 3 rings (SSSR count). The third-order valence-corrected chi connectivity index (χ3v) is 6.28. The SMILES string of the molecule is Cn1cccc1C(CNS(=O)(=O)Cc1ccccc1Cl)N1CCOCC1. The lowest BCUT2D eigenvalue weighted by molar-refractivity contribution is 0.0158. The second-order valence-electron chi connectivity index (χ2n) is 6.41. The van der Waals surface area contributed by atoms with E-state index in [0.717, 1.165) is 18.8 Å². The molecule has 0 aliphatic carbocycles. The van der Waals surface area contributed by atoms with Gasteiger partial charge in [0, 0.05) is 43.6 Å². The highest BCUT2D eigenvalue weighted by molar-refractivity contribution is 7.88. The largest absolute Gasteiger partial charge is 0.379 e. The Morgan fingerprint density at radius 3 is 2.58 bits per heavy atom. The van der Waals surface area contributed by atoms with Crippen molar-refractivity contribution in [2.24, 2.45) is 7.05 Å². The van der Waals surface area contributed by atoms with Crippen molar-refractivity contribution in [2.45, 2.75) is 11.8 Å². The number of sulfonamides is 1. The van der Waals surface area contributed by atoms with E-state index in [4.69, 9.17) is 16.3 Å². The van der Waals surface area contributed by atoms with Crippen LogP contribution in [0, 0.1) is 0 Å². The minimum absolute atomic E-state index is 0.0417. The molecule has 142 valence electrons. The van der Waals surface area contributed by atoms with Gasteiger partial charge in [-0.3, -0.25) is 4.90 Å². The monoisotopic (exact) mass is 397 g/mol. The maximum absolute atomic E-state index is 12.6. The van der Waals surface area contributed by atoms with Crippen LogP contribution in [-0.4, -0.2) is 50.7 Å². The summed E-state index contributed by atoms with van der Waals surface area (Å²) in [6.45, 7) is 3.19. The van der Waals surface area contributed by atoms with Gasteiger partial charge in [0.15, 0.2) is 0 Å². The molecule has 1 atom stereocenters. The molecule has 8 heteroatoms. The van der Waals surface area contributed by atoms with E-state index in [9.17, 15) is 8.42 Å². The number of ether oxygens (including phenoxy) is 1. The van der Waals surface area contributed by atoms with E-state index >= 15 is 0 Å². The Labute approximate surface area is 159 Å². The minimum Gasteiger partial charge on any atom is -0.379 e. The molecule has 1 aliphatic rings. The Morgan fingerprint density at radius 2 is 1.92 bits per heavy atom. The summed E-state index contributed by atoms with van der Waals surface area (Å²) in [6, 6.07) is 11.0. The number of rotatable bonds is 7. The summed E-state index contributed by atoms with van der Waals surface area (Å²) in [5.74, 6) is -0.129. The Morgan fingerprint density at radius 1 is 1.19 bits per heavy atom. The molecule has 1 aromatic carbocycles. The third kappa shape index (κ3) is 4.86. The fraction of sp³-hybridized carbons (Fsp3) is 0.444. The van der Waals surface area contributed by atoms with Crippen molar-refractivity contribution < 1.29 is 13.2 Å². The van der Waals surface area contributed by atoms with E-state index < -0.39 is 10.0 Å². The summed E-state index contributed by atoms with van der Waals surface area (Å²) in [5, 5.41) is 0.463. The number of hydrogen-bond acceptors (Lipinski definition) is 4. The van der Waals surface area contributed by atoms with E-state index in [-0.39, 0.29) is 11.8 Å². The van der Waals surface area contributed by atoms with Gasteiger partial charge in [0.2, 0.25) is 10.0 Å². The maximum atomic E-state index is 12.6. The number of nitrogens with one attached hydrogen (secondary N) is 1. The first-order chi connectivity index (χ1) is 12.5. The summed E-state index contributed by atoms with van der Waals surface area (Å²) in [4.78, 5) is 2.26. The zero-order valence-electron chi connectivity index (χ0n) is 14.8. The highest BCUT2D eigenvalue weighted by Crippen LogP contribution is 2.22. The van der Waals surface area contributed by atoms with Crippen LogP contribution in [0.2, 0.25) is 5.02 Å². The van der Waals surface area contributed by atoms with Crippen LogP contribution in [0.25, 0.3) is 0 Å². The number of benzene rings is 1. The minimum atomic E-state index is -3.50. The average molecular weight is 398 g/mol. The van der Waals surface area contributed by atoms with Crippen molar-refractivity contribution in [1.82, 2.24) is 14.2 Å². The quantitative estimate of drug-likeness (QED) is 0.777. The molecule has 2 aromatic rings. The lowest BCUT2D eigenvalue weighted by Gasteiger charge is -2.34. The van der Waals surface area contributed by atoms with Crippen molar-refractivity contribution in [3.8, 4) is 0 Å². The summed E-state index contributed by atoms with van der Waals surface area (Å²) in [7, 11) is -1.52. The molecule has 0 bridgehead atoms. The van der Waals surface area contributed by atoms with E-state index in [2.05, 4.69) is 9.62 Å². The van der Waals surface area contributed by atoms with Crippen LogP contribution < -0.4 is 4.72 Å². The summed E-state index contributed by atoms with van der Waals surface area (Å²) in [6.07, 6.45) is 1.97. The maximum Gasteiger partial charge on any atom is 0.215 e. The number of nitrogens with zero attached hydrogens (tertiary/aromatic N) is 2. The molecule has 1 saturated heterocycles. The Bertz CT molecular complexity index is 832. The molecule has 0 spiro atoms. The van der Waals surface area contributed by atoms with Crippen LogP contribution in [0.15, 0.2) is 42.6 Å². The summed E-state index contributed by atoms with van der Waals surface area (Å²) in [5.41, 5.74) is 1.68. The second kappa shape index (κ2) is 8.54. The number of aromatic nitrogens is 1. The molecule has 0 amide bonds. The number of morpholine rings is 1. The van der Waals surface area contributed by atoms with Gasteiger partial charge in [-0.05, 0) is 23.8 Å². The van der Waals surface area contributed by atoms with E-state index in [0.29, 0.717) is 30.3 Å². The molecule has 6 nitrogen and oxygen atoms in total. The zero-order valence-corrected chi connectivity index (χ0v) is 16.3. The number of hydrogen-bond donors (Lipinski definition) is 1. The van der Waals surface area contributed by atoms with Gasteiger partial charge < -0.3 is 9.30 Å². The molecule has 0 saturated carbocycles. The predicted molar refractivity (Wildman–Crippen MR) is 103 cm³/mol. The van der Waals surface area contributed by atoms with Crippen molar-refractivity contribution >= 4 is 21.6 Å². The van der Waals surface area contributed by atoms with Gasteiger partial charge >= 0.3 is 0 Å². The van der Waals surface area contributed by atoms with Gasteiger partial charge in [-0.25, -0.2) is 13.1 Å². The molecule has 1 aromatic heterocycles. The van der Waals surface area contributed by atoms with E-state index in [1.54, 1.807) is 24.3 Å². The van der Waals surface area contributed by atoms with Crippen LogP contribution in [-0.2, 0) is 27.6 Å². The van der Waals surface area contributed by atoms with Gasteiger partial charge in [0.25, 0.3) is 0 Å². The van der Waals surface area contributed by atoms with Crippen molar-refractivity contribution in [3.05, 3.63) is 58.9 Å². The molecule has 0 radical (unpaired) electrons. The lowest BCUT2D eigenvalue weighted by atomic mass is 10.1. The molecule has 1 N–H and O–H groups in total. The molecule has 2 heterocycles. The van der Waals surface area contributed by atoms with E-state index in [1.807, 2.05) is 29.9 Å². The second-order valence-corrected chi connectivity index (χ2v) is 8.62. The van der Waals surface area contributed by atoms with Crippen LogP contribution in [0.1, 0.15) is 17.3 Å². The fourth-order valence-electron chi connectivity index (χ4n) is 3.21. The highest BCUT2D eigenvalue weighted by Gasteiger charge is 2.26. The normalized spacial score (nSPS) is 17.3. The molecular weight excluding hydrogens is 374 g/mol. The van der Waals surface area contributed by atoms with E-state index in [1.165, 1.54) is 0 Å². The first-order valence-electron chi connectivity index (χ1n) is 8.60. The van der Waals surface area contributed by atoms with Gasteiger partial charge in [-0.1, -0.05) is 29.8 Å². The zero-order chi connectivity index (χ0) is 18.6. The first kappa shape index (κ1) is 19.4. The fourth-order valence-corrected chi connectivity index (χ4v) is 4.66. The third-order valence-electron chi connectivity index (χ3n) is 4.61. The van der Waals surface area contributed by atoms with Crippen molar-refractivity contribution in [2.75, 3.05) is 32.8 Å². The summed E-state index contributed by atoms with van der Waals surface area (Å²) < 4.78 is 35.4. The Balaban J connectivity index is 1.72. The van der Waals surface area contributed by atoms with Gasteiger partial charge in [0.05, 0.1) is 25.0 Å². The standard InChI is InChI=1S/C18H24ClN3O3S/c1-21-8-4-7-17(21)18(22-9-11-25-12-10-22)13-20-26(23,24)14-15-5-2-3-6-16(15)19/h2-8,18,20H,9-14H2,1H3. The predicted octanol–water partition coefficient (Wildman–Crippen LogP) is 2.17. The Hall–Kier alpha value is -1.38. The molecule has 1 fully saturated rings. The van der Waals surface area contributed by atoms with Crippen LogP contribution >= 0.6 is 11.6 Å². The summed E-state index contributed by atoms with van der Waals surface area (Å²) >= 11 is 6.10. The molecule has 1 unspecified atom stereocenters. The first-order valence-corrected chi connectivity index (χ1v) is 10.6. The van der Waals surface area contributed by atoms with Gasteiger partial charge in [-0.15, -0.1) is 0 Å². The molecule has 1 aliphatic heterocycles. The smallest absolute Gasteiger partial charge is 0.215 e. The van der Waals surface area contributed by atoms with Crippen molar-refractivity contribution in [3.63, 3.8) is 0 Å². The topological polar surface area (TPSA) is 63.6 Å².